The van der Waals surface area contributed by atoms with Gasteiger partial charge < -0.3 is 4.74 Å². The number of pyridine rings is 1. The Morgan fingerprint density at radius 2 is 1.88 bits per heavy atom. The summed E-state index contributed by atoms with van der Waals surface area (Å²) in [6.45, 7) is 1.38. The Kier molecular flexibility index (Phi) is 8.36. The van der Waals surface area contributed by atoms with Crippen molar-refractivity contribution >= 4 is 29.4 Å². The molecular formula is C26H26ClN5OS. The van der Waals surface area contributed by atoms with Crippen LogP contribution < -0.4 is 4.74 Å². The van der Waals surface area contributed by atoms with E-state index in [1.165, 1.54) is 5.56 Å². The first-order chi connectivity index (χ1) is 16.6. The molecule has 0 aliphatic carbocycles. The van der Waals surface area contributed by atoms with Crippen LogP contribution in [-0.2, 0) is 12.3 Å². The fraction of sp³-hybridized carbons (Fsp3) is 0.192. The quantitative estimate of drug-likeness (QED) is 0.263. The third-order valence-electron chi connectivity index (χ3n) is 5.15. The van der Waals surface area contributed by atoms with Crippen LogP contribution >= 0.6 is 23.4 Å². The molecule has 34 heavy (non-hydrogen) atoms. The summed E-state index contributed by atoms with van der Waals surface area (Å²) < 4.78 is 7.51. The van der Waals surface area contributed by atoms with Crippen LogP contribution in [0.15, 0.2) is 84.3 Å². The van der Waals surface area contributed by atoms with E-state index in [0.29, 0.717) is 11.6 Å². The number of benzene rings is 2. The van der Waals surface area contributed by atoms with Crippen molar-refractivity contribution in [2.24, 2.45) is 0 Å². The minimum absolute atomic E-state index is 0.631. The molecule has 8 heteroatoms. The Bertz CT molecular complexity index is 1240. The van der Waals surface area contributed by atoms with E-state index < -0.39 is 0 Å². The summed E-state index contributed by atoms with van der Waals surface area (Å²) in [5.74, 6) is 2.49. The number of halogens is 1. The van der Waals surface area contributed by atoms with Crippen molar-refractivity contribution in [1.82, 2.24) is 24.6 Å². The van der Waals surface area contributed by atoms with Crippen LogP contribution in [0.1, 0.15) is 17.0 Å². The van der Waals surface area contributed by atoms with Crippen LogP contribution in [0.4, 0.5) is 0 Å². The van der Waals surface area contributed by atoms with Gasteiger partial charge >= 0.3 is 0 Å². The zero-order chi connectivity index (χ0) is 23.8. The lowest BCUT2D eigenvalue weighted by Crippen LogP contribution is -2.20. The fourth-order valence-electron chi connectivity index (χ4n) is 3.47. The summed E-state index contributed by atoms with van der Waals surface area (Å²) in [6.07, 6.45) is 7.80. The molecule has 0 aliphatic rings. The highest BCUT2D eigenvalue weighted by atomic mass is 35.5. The van der Waals surface area contributed by atoms with Gasteiger partial charge in [0.2, 0.25) is 0 Å². The number of para-hydroxylation sites is 1. The molecule has 0 fully saturated rings. The molecule has 6 nitrogen and oxygen atoms in total. The first kappa shape index (κ1) is 24.0. The minimum atomic E-state index is 0.631. The lowest BCUT2D eigenvalue weighted by Gasteiger charge is -2.16. The minimum Gasteiger partial charge on any atom is -0.496 e. The third-order valence-corrected chi connectivity index (χ3v) is 6.38. The highest BCUT2D eigenvalue weighted by molar-refractivity contribution is 7.98. The first-order valence-electron chi connectivity index (χ1n) is 10.8. The number of likely N-dealkylation sites (N-methyl/N-ethyl adjacent to an activating group) is 1. The Balaban J connectivity index is 1.51. The second-order valence-electron chi connectivity index (χ2n) is 7.70. The summed E-state index contributed by atoms with van der Waals surface area (Å²) >= 11 is 7.94. The zero-order valence-electron chi connectivity index (χ0n) is 19.1. The van der Waals surface area contributed by atoms with E-state index in [2.05, 4.69) is 43.8 Å². The number of aromatic nitrogens is 4. The summed E-state index contributed by atoms with van der Waals surface area (Å²) in [7, 11) is 3.75. The van der Waals surface area contributed by atoms with E-state index in [4.69, 9.17) is 16.3 Å². The number of hydrogen-bond donors (Lipinski definition) is 0. The summed E-state index contributed by atoms with van der Waals surface area (Å²) in [6, 6.07) is 19.8. The predicted molar refractivity (Wildman–Crippen MR) is 139 cm³/mol. The molecular weight excluding hydrogens is 466 g/mol. The monoisotopic (exact) mass is 491 g/mol. The normalized spacial score (nSPS) is 11.4. The maximum absolute atomic E-state index is 6.30. The molecule has 2 aromatic heterocycles. The highest BCUT2D eigenvalue weighted by Crippen LogP contribution is 2.27. The maximum atomic E-state index is 6.30. The van der Waals surface area contributed by atoms with Crippen LogP contribution in [0.25, 0.3) is 11.8 Å². The molecule has 174 valence electrons. The maximum Gasteiger partial charge on any atom is 0.196 e. The highest BCUT2D eigenvalue weighted by Gasteiger charge is 2.16. The van der Waals surface area contributed by atoms with Gasteiger partial charge in [0.25, 0.3) is 0 Å². The Labute approximate surface area is 209 Å². The van der Waals surface area contributed by atoms with Crippen molar-refractivity contribution in [3.8, 4) is 11.4 Å². The predicted octanol–water partition coefficient (Wildman–Crippen LogP) is 5.76. The largest absolute Gasteiger partial charge is 0.496 e. The van der Waals surface area contributed by atoms with Gasteiger partial charge in [0.1, 0.15) is 5.75 Å². The van der Waals surface area contributed by atoms with Crippen LogP contribution in [-0.4, -0.2) is 45.4 Å². The number of nitrogens with zero attached hydrogens (tertiary/aromatic N) is 5. The molecule has 0 aliphatic heterocycles. The molecule has 0 N–H and O–H groups in total. The molecule has 0 saturated carbocycles. The van der Waals surface area contributed by atoms with Gasteiger partial charge in [-0.25, -0.2) is 0 Å². The van der Waals surface area contributed by atoms with Crippen molar-refractivity contribution in [3.05, 3.63) is 101 Å². The molecule has 0 atom stereocenters. The average molecular weight is 492 g/mol. The SMILES string of the molecule is COc1ccccc1C=CCN(C)Cc1nnc(SCc2ccncc2)n1-c1cccc(Cl)c1. The van der Waals surface area contributed by atoms with Crippen LogP contribution in [0.3, 0.4) is 0 Å². The molecule has 0 radical (unpaired) electrons. The Morgan fingerprint density at radius 3 is 2.68 bits per heavy atom. The smallest absolute Gasteiger partial charge is 0.196 e. The van der Waals surface area contributed by atoms with E-state index in [1.807, 2.05) is 60.7 Å². The van der Waals surface area contributed by atoms with Crippen molar-refractivity contribution < 1.29 is 4.74 Å². The van der Waals surface area contributed by atoms with E-state index in [9.17, 15) is 0 Å². The summed E-state index contributed by atoms with van der Waals surface area (Å²) in [4.78, 5) is 6.28. The Hall–Kier alpha value is -3.13. The van der Waals surface area contributed by atoms with Gasteiger partial charge in [0, 0.05) is 35.3 Å². The van der Waals surface area contributed by atoms with Crippen LogP contribution in [0.5, 0.6) is 5.75 Å². The number of ether oxygens (including phenoxy) is 1. The van der Waals surface area contributed by atoms with Gasteiger partial charge in [0.05, 0.1) is 19.3 Å². The average Bonchev–Trinajstić information content (AvgIpc) is 3.26. The van der Waals surface area contributed by atoms with Crippen molar-refractivity contribution in [3.63, 3.8) is 0 Å². The molecule has 0 unspecified atom stereocenters. The molecule has 0 saturated heterocycles. The molecule has 2 heterocycles. The molecule has 4 aromatic rings. The van der Waals surface area contributed by atoms with Gasteiger partial charge in [-0.05, 0) is 49.0 Å². The Morgan fingerprint density at radius 1 is 1.06 bits per heavy atom. The lowest BCUT2D eigenvalue weighted by atomic mass is 10.2. The van der Waals surface area contributed by atoms with Crippen molar-refractivity contribution in [1.29, 1.82) is 0 Å². The van der Waals surface area contributed by atoms with Crippen LogP contribution in [0.2, 0.25) is 5.02 Å². The fourth-order valence-corrected chi connectivity index (χ4v) is 4.58. The van der Waals surface area contributed by atoms with Gasteiger partial charge in [-0.3, -0.25) is 14.5 Å². The van der Waals surface area contributed by atoms with Gasteiger partial charge in [-0.2, -0.15) is 0 Å². The topological polar surface area (TPSA) is 56.1 Å². The van der Waals surface area contributed by atoms with Crippen LogP contribution in [0, 0.1) is 0 Å². The van der Waals surface area contributed by atoms with E-state index >= 15 is 0 Å². The third kappa shape index (κ3) is 6.26. The second kappa shape index (κ2) is 11.8. The summed E-state index contributed by atoms with van der Waals surface area (Å²) in [5.41, 5.74) is 3.18. The molecule has 4 rings (SSSR count). The number of rotatable bonds is 10. The first-order valence-corrected chi connectivity index (χ1v) is 12.2. The van der Waals surface area contributed by atoms with Gasteiger partial charge in [0.15, 0.2) is 11.0 Å². The van der Waals surface area contributed by atoms with E-state index in [1.54, 1.807) is 31.3 Å². The lowest BCUT2D eigenvalue weighted by molar-refractivity contribution is 0.350. The number of hydrogen-bond acceptors (Lipinski definition) is 6. The summed E-state index contributed by atoms with van der Waals surface area (Å²) in [5, 5.41) is 10.5. The van der Waals surface area contributed by atoms with Crippen molar-refractivity contribution in [2.75, 3.05) is 20.7 Å². The molecule has 0 spiro atoms. The van der Waals surface area contributed by atoms with Gasteiger partial charge in [-0.1, -0.05) is 59.8 Å². The van der Waals surface area contributed by atoms with E-state index in [0.717, 1.165) is 40.3 Å². The number of thioether (sulfide) groups is 1. The van der Waals surface area contributed by atoms with Crippen molar-refractivity contribution in [2.45, 2.75) is 17.5 Å². The molecule has 0 amide bonds. The standard InChI is InChI=1S/C26H26ClN5OS/c1-31(16-6-8-21-7-3-4-11-24(21)33-2)18-25-29-30-26(34-19-20-12-14-28-15-13-20)32(25)23-10-5-9-22(27)17-23/h3-15,17H,16,18-19H2,1-2H3. The molecule has 2 aromatic carbocycles. The second-order valence-corrected chi connectivity index (χ2v) is 9.08. The molecule has 0 bridgehead atoms. The number of methoxy groups -OCH3 is 1. The zero-order valence-corrected chi connectivity index (χ0v) is 20.7. The van der Waals surface area contributed by atoms with E-state index in [-0.39, 0.29) is 0 Å². The van der Waals surface area contributed by atoms with Gasteiger partial charge in [-0.15, -0.1) is 10.2 Å².